The number of fused-ring (bicyclic) bond motifs is 1. The van der Waals surface area contributed by atoms with Crippen molar-refractivity contribution in [1.82, 2.24) is 14.7 Å². The van der Waals surface area contributed by atoms with Gasteiger partial charge < -0.3 is 19.2 Å². The summed E-state index contributed by atoms with van der Waals surface area (Å²) in [5.41, 5.74) is 1.06. The van der Waals surface area contributed by atoms with Crippen LogP contribution in [-0.2, 0) is 11.2 Å². The molecule has 3 rings (SSSR count). The van der Waals surface area contributed by atoms with Gasteiger partial charge in [-0.15, -0.1) is 0 Å². The van der Waals surface area contributed by atoms with E-state index < -0.39 is 5.97 Å². The summed E-state index contributed by atoms with van der Waals surface area (Å²) in [4.78, 5) is 16.5. The molecule has 22 heavy (non-hydrogen) atoms. The van der Waals surface area contributed by atoms with Crippen LogP contribution in [0.2, 0.25) is 0 Å². The Labute approximate surface area is 129 Å². The third-order valence-corrected chi connectivity index (χ3v) is 4.14. The fourth-order valence-electron chi connectivity index (χ4n) is 2.96. The zero-order valence-corrected chi connectivity index (χ0v) is 13.0. The molecular formula is C16H21N3O3. The predicted molar refractivity (Wildman–Crippen MR) is 82.4 cm³/mol. The number of carbonyl (C=O) groups is 1. The van der Waals surface area contributed by atoms with Gasteiger partial charge in [-0.25, -0.2) is 9.78 Å². The molecule has 0 radical (unpaired) electrons. The van der Waals surface area contributed by atoms with E-state index in [1.165, 1.54) is 20.0 Å². The van der Waals surface area contributed by atoms with Crippen molar-refractivity contribution >= 4 is 11.5 Å². The van der Waals surface area contributed by atoms with Crippen LogP contribution in [-0.4, -0.2) is 42.2 Å². The summed E-state index contributed by atoms with van der Waals surface area (Å²) in [6.07, 6.45) is 6.29. The SMILES string of the molecule is COC(=O)c1nc(CC2CCCCN2)n2ccc(OC)cc12. The van der Waals surface area contributed by atoms with E-state index in [1.807, 2.05) is 22.7 Å². The second kappa shape index (κ2) is 6.36. The first-order valence-corrected chi connectivity index (χ1v) is 7.59. The number of esters is 1. The molecule has 1 unspecified atom stereocenters. The lowest BCUT2D eigenvalue weighted by Gasteiger charge is -2.22. The molecule has 3 heterocycles. The molecule has 0 aliphatic carbocycles. The Hall–Kier alpha value is -2.08. The van der Waals surface area contributed by atoms with Crippen molar-refractivity contribution in [3.05, 3.63) is 29.8 Å². The molecular weight excluding hydrogens is 282 g/mol. The van der Waals surface area contributed by atoms with Crippen LogP contribution in [0.1, 0.15) is 35.6 Å². The molecule has 0 aromatic carbocycles. The van der Waals surface area contributed by atoms with Crippen molar-refractivity contribution in [3.8, 4) is 5.75 Å². The second-order valence-corrected chi connectivity index (χ2v) is 5.54. The molecule has 6 nitrogen and oxygen atoms in total. The van der Waals surface area contributed by atoms with Crippen molar-refractivity contribution in [2.75, 3.05) is 20.8 Å². The Balaban J connectivity index is 2.00. The molecule has 6 heteroatoms. The summed E-state index contributed by atoms with van der Waals surface area (Å²) in [5.74, 6) is 1.14. The molecule has 1 aliphatic heterocycles. The second-order valence-electron chi connectivity index (χ2n) is 5.54. The molecule has 1 saturated heterocycles. The first kappa shape index (κ1) is 14.8. The lowest BCUT2D eigenvalue weighted by molar-refractivity contribution is 0.0596. The van der Waals surface area contributed by atoms with E-state index in [0.717, 1.165) is 30.7 Å². The first-order chi connectivity index (χ1) is 10.7. The maximum Gasteiger partial charge on any atom is 0.358 e. The molecule has 0 saturated carbocycles. The third kappa shape index (κ3) is 2.78. The zero-order chi connectivity index (χ0) is 15.5. The van der Waals surface area contributed by atoms with Crippen LogP contribution < -0.4 is 10.1 Å². The summed E-state index contributed by atoms with van der Waals surface area (Å²) < 4.78 is 12.0. The van der Waals surface area contributed by atoms with Crippen LogP contribution in [0.5, 0.6) is 5.75 Å². The molecule has 2 aromatic heterocycles. The van der Waals surface area contributed by atoms with Gasteiger partial charge in [0, 0.05) is 24.7 Å². The molecule has 0 amide bonds. The number of hydrogen-bond acceptors (Lipinski definition) is 5. The number of ether oxygens (including phenoxy) is 2. The van der Waals surface area contributed by atoms with Gasteiger partial charge in [0.15, 0.2) is 5.69 Å². The predicted octanol–water partition coefficient (Wildman–Crippen LogP) is 1.81. The molecule has 118 valence electrons. The van der Waals surface area contributed by atoms with Crippen molar-refractivity contribution in [2.45, 2.75) is 31.7 Å². The Kier molecular flexibility index (Phi) is 4.29. The number of rotatable bonds is 4. The van der Waals surface area contributed by atoms with Gasteiger partial charge in [0.05, 0.1) is 19.7 Å². The average molecular weight is 303 g/mol. The van der Waals surface area contributed by atoms with E-state index in [-0.39, 0.29) is 0 Å². The quantitative estimate of drug-likeness (QED) is 0.873. The first-order valence-electron chi connectivity index (χ1n) is 7.59. The molecule has 1 atom stereocenters. The van der Waals surface area contributed by atoms with Crippen LogP contribution >= 0.6 is 0 Å². The van der Waals surface area contributed by atoms with E-state index >= 15 is 0 Å². The summed E-state index contributed by atoms with van der Waals surface area (Å²) in [6.45, 7) is 1.05. The Morgan fingerprint density at radius 2 is 2.32 bits per heavy atom. The molecule has 2 aromatic rings. The number of nitrogens with one attached hydrogen (secondary N) is 1. The van der Waals surface area contributed by atoms with Crippen LogP contribution in [0, 0.1) is 0 Å². The van der Waals surface area contributed by atoms with Crippen LogP contribution in [0.4, 0.5) is 0 Å². The molecule has 0 bridgehead atoms. The van der Waals surface area contributed by atoms with Gasteiger partial charge >= 0.3 is 5.97 Å². The van der Waals surface area contributed by atoms with E-state index in [4.69, 9.17) is 9.47 Å². The number of pyridine rings is 1. The van der Waals surface area contributed by atoms with Crippen LogP contribution in [0.15, 0.2) is 18.3 Å². The zero-order valence-electron chi connectivity index (χ0n) is 13.0. The number of methoxy groups -OCH3 is 2. The standard InChI is InChI=1S/C16H21N3O3/c1-21-12-6-8-19-13(10-12)15(16(20)22-2)18-14(19)9-11-5-3-4-7-17-11/h6,8,10-11,17H,3-5,7,9H2,1-2H3. The third-order valence-electron chi connectivity index (χ3n) is 4.14. The highest BCUT2D eigenvalue weighted by atomic mass is 16.5. The van der Waals surface area contributed by atoms with Crippen molar-refractivity contribution in [1.29, 1.82) is 0 Å². The highest BCUT2D eigenvalue weighted by Gasteiger charge is 2.21. The number of nitrogens with zero attached hydrogens (tertiary/aromatic N) is 2. The molecule has 1 fully saturated rings. The van der Waals surface area contributed by atoms with E-state index in [2.05, 4.69) is 10.3 Å². The fourth-order valence-corrected chi connectivity index (χ4v) is 2.96. The summed E-state index contributed by atoms with van der Waals surface area (Å²) >= 11 is 0. The lowest BCUT2D eigenvalue weighted by Crippen LogP contribution is -2.36. The number of aromatic nitrogens is 2. The van der Waals surface area contributed by atoms with Crippen molar-refractivity contribution < 1.29 is 14.3 Å². The summed E-state index contributed by atoms with van der Waals surface area (Å²) in [5, 5.41) is 3.51. The minimum Gasteiger partial charge on any atom is -0.497 e. The van der Waals surface area contributed by atoms with Gasteiger partial charge in [0.25, 0.3) is 0 Å². The monoisotopic (exact) mass is 303 g/mol. The Bertz CT molecular complexity index is 675. The van der Waals surface area contributed by atoms with E-state index in [1.54, 1.807) is 7.11 Å². The maximum atomic E-state index is 12.0. The highest BCUT2D eigenvalue weighted by molar-refractivity contribution is 5.95. The largest absolute Gasteiger partial charge is 0.497 e. The smallest absolute Gasteiger partial charge is 0.358 e. The Morgan fingerprint density at radius 1 is 1.45 bits per heavy atom. The van der Waals surface area contributed by atoms with Gasteiger partial charge in [0.1, 0.15) is 11.6 Å². The maximum absolute atomic E-state index is 12.0. The van der Waals surface area contributed by atoms with Crippen molar-refractivity contribution in [2.24, 2.45) is 0 Å². The van der Waals surface area contributed by atoms with Gasteiger partial charge in [-0.3, -0.25) is 0 Å². The normalized spacial score (nSPS) is 18.4. The van der Waals surface area contributed by atoms with Gasteiger partial charge in [-0.1, -0.05) is 6.42 Å². The number of carbonyl (C=O) groups excluding carboxylic acids is 1. The van der Waals surface area contributed by atoms with Crippen LogP contribution in [0.25, 0.3) is 5.52 Å². The van der Waals surface area contributed by atoms with Gasteiger partial charge in [-0.05, 0) is 25.5 Å². The average Bonchev–Trinajstić information content (AvgIpc) is 2.93. The lowest BCUT2D eigenvalue weighted by atomic mass is 10.0. The topological polar surface area (TPSA) is 64.9 Å². The van der Waals surface area contributed by atoms with E-state index in [9.17, 15) is 4.79 Å². The molecule has 1 N–H and O–H groups in total. The van der Waals surface area contributed by atoms with Crippen molar-refractivity contribution in [3.63, 3.8) is 0 Å². The van der Waals surface area contributed by atoms with E-state index in [0.29, 0.717) is 17.5 Å². The number of hydrogen-bond donors (Lipinski definition) is 1. The fraction of sp³-hybridized carbons (Fsp3) is 0.500. The van der Waals surface area contributed by atoms with Gasteiger partial charge in [-0.2, -0.15) is 0 Å². The summed E-state index contributed by atoms with van der Waals surface area (Å²) in [6, 6.07) is 4.09. The Morgan fingerprint density at radius 3 is 3.00 bits per heavy atom. The number of piperidine rings is 1. The molecule has 0 spiro atoms. The minimum absolute atomic E-state index is 0.340. The summed E-state index contributed by atoms with van der Waals surface area (Å²) in [7, 11) is 2.98. The van der Waals surface area contributed by atoms with Gasteiger partial charge in [0.2, 0.25) is 0 Å². The number of imidazole rings is 1. The highest BCUT2D eigenvalue weighted by Crippen LogP contribution is 2.22. The molecule has 1 aliphatic rings. The van der Waals surface area contributed by atoms with Crippen LogP contribution in [0.3, 0.4) is 0 Å². The minimum atomic E-state index is -0.423.